The second-order valence-corrected chi connectivity index (χ2v) is 6.28. The summed E-state index contributed by atoms with van der Waals surface area (Å²) in [6.45, 7) is 4.33. The van der Waals surface area contributed by atoms with Crippen molar-refractivity contribution in [2.45, 2.75) is 6.42 Å². The molecule has 0 bridgehead atoms. The molecule has 136 valence electrons. The van der Waals surface area contributed by atoms with Gasteiger partial charge < -0.3 is 15.4 Å². The number of rotatable bonds is 6. The van der Waals surface area contributed by atoms with E-state index in [1.807, 2.05) is 0 Å². The lowest BCUT2D eigenvalue weighted by Gasteiger charge is -2.26. The molecule has 1 aromatic carbocycles. The molecule has 1 saturated heterocycles. The highest BCUT2D eigenvalue weighted by atomic mass is 19.1. The first-order valence-electron chi connectivity index (χ1n) is 8.39. The maximum absolute atomic E-state index is 13.5. The fourth-order valence-electron chi connectivity index (χ4n) is 2.90. The van der Waals surface area contributed by atoms with Gasteiger partial charge in [0, 0.05) is 26.2 Å². The van der Waals surface area contributed by atoms with E-state index in [1.54, 1.807) is 0 Å². The lowest BCUT2D eigenvalue weighted by Crippen LogP contribution is -2.41. The third-order valence-corrected chi connectivity index (χ3v) is 4.51. The van der Waals surface area contributed by atoms with Gasteiger partial charge in [-0.05, 0) is 18.6 Å². The molecule has 2 N–H and O–H groups in total. The van der Waals surface area contributed by atoms with Gasteiger partial charge in [-0.25, -0.2) is 8.78 Å². The van der Waals surface area contributed by atoms with E-state index >= 15 is 0 Å². The Labute approximate surface area is 144 Å². The number of benzene rings is 1. The number of amides is 2. The number of ether oxygens (including phenoxy) is 1. The van der Waals surface area contributed by atoms with Crippen LogP contribution in [0.15, 0.2) is 18.2 Å². The molecule has 1 aromatic rings. The lowest BCUT2D eigenvalue weighted by atomic mass is 10.2. The number of hydrogen-bond acceptors (Lipinski definition) is 4. The van der Waals surface area contributed by atoms with Crippen LogP contribution < -0.4 is 10.6 Å². The molecule has 1 aliphatic carbocycles. The van der Waals surface area contributed by atoms with E-state index < -0.39 is 35.1 Å². The molecule has 1 heterocycles. The van der Waals surface area contributed by atoms with Crippen LogP contribution >= 0.6 is 0 Å². The molecule has 2 aliphatic rings. The SMILES string of the molecule is O=C(NCCN1CCOCC1)C1CC1C(=O)Nc1c(F)cccc1F. The molecule has 0 aromatic heterocycles. The highest BCUT2D eigenvalue weighted by Gasteiger charge is 2.48. The molecule has 1 saturated carbocycles. The van der Waals surface area contributed by atoms with Gasteiger partial charge in [0.05, 0.1) is 25.0 Å². The summed E-state index contributed by atoms with van der Waals surface area (Å²) in [5.41, 5.74) is -0.467. The molecule has 6 nitrogen and oxygen atoms in total. The first-order chi connectivity index (χ1) is 12.1. The zero-order valence-corrected chi connectivity index (χ0v) is 13.8. The Morgan fingerprint density at radius 1 is 1.12 bits per heavy atom. The summed E-state index contributed by atoms with van der Waals surface area (Å²) in [4.78, 5) is 26.3. The van der Waals surface area contributed by atoms with Crippen molar-refractivity contribution in [3.8, 4) is 0 Å². The van der Waals surface area contributed by atoms with Crippen LogP contribution in [0.4, 0.5) is 14.5 Å². The molecule has 0 spiro atoms. The number of nitrogens with zero attached hydrogens (tertiary/aromatic N) is 1. The second-order valence-electron chi connectivity index (χ2n) is 6.28. The van der Waals surface area contributed by atoms with Crippen LogP contribution in [0.2, 0.25) is 0 Å². The molecule has 8 heteroatoms. The normalized spacial score (nSPS) is 23.1. The number of para-hydroxylation sites is 1. The summed E-state index contributed by atoms with van der Waals surface area (Å²) in [6.07, 6.45) is 0.394. The summed E-state index contributed by atoms with van der Waals surface area (Å²) < 4.78 is 32.3. The van der Waals surface area contributed by atoms with Crippen molar-refractivity contribution in [3.05, 3.63) is 29.8 Å². The number of hydrogen-bond donors (Lipinski definition) is 2. The number of anilines is 1. The predicted octanol–water partition coefficient (Wildman–Crippen LogP) is 0.988. The van der Waals surface area contributed by atoms with Crippen molar-refractivity contribution in [1.29, 1.82) is 0 Å². The molecule has 1 aliphatic heterocycles. The van der Waals surface area contributed by atoms with Crippen LogP contribution in [0.3, 0.4) is 0 Å². The van der Waals surface area contributed by atoms with Gasteiger partial charge in [0.2, 0.25) is 11.8 Å². The molecule has 2 atom stereocenters. The van der Waals surface area contributed by atoms with E-state index in [2.05, 4.69) is 15.5 Å². The van der Waals surface area contributed by atoms with Gasteiger partial charge in [-0.3, -0.25) is 14.5 Å². The van der Waals surface area contributed by atoms with Crippen LogP contribution in [-0.2, 0) is 14.3 Å². The average molecular weight is 353 g/mol. The smallest absolute Gasteiger partial charge is 0.228 e. The quantitative estimate of drug-likeness (QED) is 0.800. The first-order valence-corrected chi connectivity index (χ1v) is 8.39. The van der Waals surface area contributed by atoms with Crippen LogP contribution in [0.1, 0.15) is 6.42 Å². The Hall–Kier alpha value is -2.06. The molecule has 2 fully saturated rings. The number of halogens is 2. The standard InChI is InChI=1S/C17H21F2N3O3/c18-13-2-1-3-14(19)15(13)21-17(24)12-10-11(12)16(23)20-4-5-22-6-8-25-9-7-22/h1-3,11-12H,4-10H2,(H,20,23)(H,21,24). The number of carbonyl (C=O) groups is 2. The van der Waals surface area contributed by atoms with Crippen LogP contribution in [0.25, 0.3) is 0 Å². The molecule has 2 unspecified atom stereocenters. The molecule has 0 radical (unpaired) electrons. The van der Waals surface area contributed by atoms with Crippen molar-refractivity contribution in [2.24, 2.45) is 11.8 Å². The maximum Gasteiger partial charge on any atom is 0.228 e. The molecular weight excluding hydrogens is 332 g/mol. The second kappa shape index (κ2) is 7.88. The predicted molar refractivity (Wildman–Crippen MR) is 86.9 cm³/mol. The van der Waals surface area contributed by atoms with E-state index in [1.165, 1.54) is 6.07 Å². The summed E-state index contributed by atoms with van der Waals surface area (Å²) in [5, 5.41) is 5.06. The maximum atomic E-state index is 13.5. The Kier molecular flexibility index (Phi) is 5.60. The average Bonchev–Trinajstić information content (AvgIpc) is 3.40. The van der Waals surface area contributed by atoms with E-state index in [-0.39, 0.29) is 5.91 Å². The van der Waals surface area contributed by atoms with Crippen molar-refractivity contribution in [3.63, 3.8) is 0 Å². The summed E-state index contributed by atoms with van der Waals surface area (Å²) >= 11 is 0. The van der Waals surface area contributed by atoms with Crippen LogP contribution in [0, 0.1) is 23.5 Å². The van der Waals surface area contributed by atoms with E-state index in [0.29, 0.717) is 26.2 Å². The van der Waals surface area contributed by atoms with Gasteiger partial charge in [-0.1, -0.05) is 6.07 Å². The molecular formula is C17H21F2N3O3. The Morgan fingerprint density at radius 3 is 2.44 bits per heavy atom. The van der Waals surface area contributed by atoms with Crippen molar-refractivity contribution < 1.29 is 23.1 Å². The van der Waals surface area contributed by atoms with Crippen LogP contribution in [0.5, 0.6) is 0 Å². The van der Waals surface area contributed by atoms with Gasteiger partial charge in [0.1, 0.15) is 17.3 Å². The Balaban J connectivity index is 1.42. The van der Waals surface area contributed by atoms with Gasteiger partial charge in [0.25, 0.3) is 0 Å². The fourth-order valence-corrected chi connectivity index (χ4v) is 2.90. The highest BCUT2D eigenvalue weighted by Crippen LogP contribution is 2.39. The zero-order chi connectivity index (χ0) is 17.8. The van der Waals surface area contributed by atoms with Crippen molar-refractivity contribution >= 4 is 17.5 Å². The van der Waals surface area contributed by atoms with E-state index in [9.17, 15) is 18.4 Å². The topological polar surface area (TPSA) is 70.7 Å². The number of nitrogens with one attached hydrogen (secondary N) is 2. The van der Waals surface area contributed by atoms with Crippen molar-refractivity contribution in [1.82, 2.24) is 10.2 Å². The third-order valence-electron chi connectivity index (χ3n) is 4.51. The fraction of sp³-hybridized carbons (Fsp3) is 0.529. The minimum Gasteiger partial charge on any atom is -0.379 e. The largest absolute Gasteiger partial charge is 0.379 e. The van der Waals surface area contributed by atoms with Gasteiger partial charge in [-0.2, -0.15) is 0 Å². The Morgan fingerprint density at radius 2 is 1.76 bits per heavy atom. The summed E-state index contributed by atoms with van der Waals surface area (Å²) in [5.74, 6) is -3.36. The van der Waals surface area contributed by atoms with Gasteiger partial charge in [-0.15, -0.1) is 0 Å². The van der Waals surface area contributed by atoms with Crippen LogP contribution in [-0.4, -0.2) is 56.1 Å². The van der Waals surface area contributed by atoms with E-state index in [4.69, 9.17) is 4.74 Å². The molecule has 2 amide bonds. The number of carbonyl (C=O) groups excluding carboxylic acids is 2. The Bertz CT molecular complexity index is 630. The zero-order valence-electron chi connectivity index (χ0n) is 13.8. The minimum absolute atomic E-state index is 0.192. The minimum atomic E-state index is -0.833. The first kappa shape index (κ1) is 17.8. The van der Waals surface area contributed by atoms with Crippen molar-refractivity contribution in [2.75, 3.05) is 44.7 Å². The molecule has 25 heavy (non-hydrogen) atoms. The highest BCUT2D eigenvalue weighted by molar-refractivity contribution is 5.99. The summed E-state index contributed by atoms with van der Waals surface area (Å²) in [7, 11) is 0. The van der Waals surface area contributed by atoms with Gasteiger partial charge in [0.15, 0.2) is 0 Å². The summed E-state index contributed by atoms with van der Waals surface area (Å²) in [6, 6.07) is 3.37. The third kappa shape index (κ3) is 4.52. The molecule has 3 rings (SSSR count). The van der Waals surface area contributed by atoms with Gasteiger partial charge >= 0.3 is 0 Å². The number of morpholine rings is 1. The monoisotopic (exact) mass is 353 g/mol. The lowest BCUT2D eigenvalue weighted by molar-refractivity contribution is -0.125. The van der Waals surface area contributed by atoms with E-state index in [0.717, 1.165) is 31.8 Å².